The Morgan fingerprint density at radius 2 is 1.69 bits per heavy atom. The van der Waals surface area contributed by atoms with E-state index in [4.69, 9.17) is 4.52 Å². The summed E-state index contributed by atoms with van der Waals surface area (Å²) in [6.45, 7) is 4.80. The molecule has 2 aromatic carbocycles. The lowest BCUT2D eigenvalue weighted by Crippen LogP contribution is -2.29. The van der Waals surface area contributed by atoms with Gasteiger partial charge in [-0.2, -0.15) is 0 Å². The molecule has 0 spiro atoms. The molecule has 0 aliphatic rings. The van der Waals surface area contributed by atoms with Crippen LogP contribution in [0.4, 0.5) is 11.6 Å². The van der Waals surface area contributed by atoms with Crippen LogP contribution >= 0.6 is 0 Å². The molecule has 1 unspecified atom stereocenters. The summed E-state index contributed by atoms with van der Waals surface area (Å²) in [5.41, 5.74) is 2.43. The molecule has 0 saturated heterocycles. The highest BCUT2D eigenvalue weighted by atomic mass is 32.2. The summed E-state index contributed by atoms with van der Waals surface area (Å²) in [6.07, 6.45) is 0.0231. The molecule has 10 heteroatoms. The van der Waals surface area contributed by atoms with Crippen LogP contribution in [-0.2, 0) is 19.6 Å². The molecule has 3 aromatic rings. The van der Waals surface area contributed by atoms with Crippen molar-refractivity contribution in [2.24, 2.45) is 0 Å². The maximum atomic E-state index is 12.6. The van der Waals surface area contributed by atoms with E-state index in [2.05, 4.69) is 20.5 Å². The van der Waals surface area contributed by atoms with E-state index in [1.165, 1.54) is 31.2 Å². The number of hydrogen-bond donors (Lipinski definition) is 3. The molecular formula is C22H24N4O5S. The van der Waals surface area contributed by atoms with Crippen LogP contribution in [0.5, 0.6) is 0 Å². The van der Waals surface area contributed by atoms with Crippen molar-refractivity contribution >= 4 is 33.4 Å². The van der Waals surface area contributed by atoms with Gasteiger partial charge in [-0.25, -0.2) is 13.1 Å². The molecule has 0 aliphatic carbocycles. The summed E-state index contributed by atoms with van der Waals surface area (Å²) in [4.78, 5) is 24.1. The zero-order valence-electron chi connectivity index (χ0n) is 17.9. The standard InChI is InChI=1S/C22H24N4O5S/c1-14-15(2)25-31-22(14)26-32(29,30)19-11-9-18(10-12-19)24-21(28)13-20(23-16(3)27)17-7-5-4-6-8-17/h4-12,20,26H,13H2,1-3H3,(H,23,27)(H,24,28). The van der Waals surface area contributed by atoms with E-state index in [1.807, 2.05) is 30.3 Å². The third-order valence-electron chi connectivity index (χ3n) is 4.80. The molecule has 3 rings (SSSR count). The van der Waals surface area contributed by atoms with Gasteiger partial charge in [0, 0.05) is 18.2 Å². The molecule has 0 saturated carbocycles. The number of amides is 2. The maximum Gasteiger partial charge on any atom is 0.264 e. The van der Waals surface area contributed by atoms with E-state index < -0.39 is 16.1 Å². The van der Waals surface area contributed by atoms with Crippen molar-refractivity contribution in [3.8, 4) is 0 Å². The number of carbonyl (C=O) groups excluding carboxylic acids is 2. The van der Waals surface area contributed by atoms with E-state index in [1.54, 1.807) is 13.8 Å². The molecule has 0 fully saturated rings. The number of carbonyl (C=O) groups is 2. The summed E-state index contributed by atoms with van der Waals surface area (Å²) in [5, 5.41) is 9.22. The van der Waals surface area contributed by atoms with Gasteiger partial charge in [-0.15, -0.1) is 0 Å². The Labute approximate surface area is 186 Å². The molecular weight excluding hydrogens is 432 g/mol. The third-order valence-corrected chi connectivity index (χ3v) is 6.15. The molecule has 1 atom stereocenters. The zero-order valence-corrected chi connectivity index (χ0v) is 18.7. The largest absolute Gasteiger partial charge is 0.349 e. The first-order valence-corrected chi connectivity index (χ1v) is 11.3. The van der Waals surface area contributed by atoms with Crippen molar-refractivity contribution in [3.63, 3.8) is 0 Å². The summed E-state index contributed by atoms with van der Waals surface area (Å²) in [5.74, 6) is -0.509. The zero-order chi connectivity index (χ0) is 23.3. The van der Waals surface area contributed by atoms with Crippen LogP contribution in [0.3, 0.4) is 0 Å². The lowest BCUT2D eigenvalue weighted by Gasteiger charge is -2.18. The average Bonchev–Trinajstić information content (AvgIpc) is 3.05. The predicted molar refractivity (Wildman–Crippen MR) is 119 cm³/mol. The maximum absolute atomic E-state index is 12.6. The summed E-state index contributed by atoms with van der Waals surface area (Å²) < 4.78 is 32.5. The van der Waals surface area contributed by atoms with E-state index in [0.29, 0.717) is 16.9 Å². The molecule has 0 aliphatic heterocycles. The minimum atomic E-state index is -3.88. The van der Waals surface area contributed by atoms with Gasteiger partial charge < -0.3 is 15.2 Å². The molecule has 32 heavy (non-hydrogen) atoms. The van der Waals surface area contributed by atoms with Gasteiger partial charge in [-0.05, 0) is 43.7 Å². The van der Waals surface area contributed by atoms with Gasteiger partial charge in [0.2, 0.25) is 17.7 Å². The van der Waals surface area contributed by atoms with Gasteiger partial charge in [-0.1, -0.05) is 35.5 Å². The normalized spacial score (nSPS) is 12.1. The molecule has 0 bridgehead atoms. The lowest BCUT2D eigenvalue weighted by molar-refractivity contribution is -0.120. The minimum absolute atomic E-state index is 0.00404. The molecule has 3 N–H and O–H groups in total. The van der Waals surface area contributed by atoms with Gasteiger partial charge in [0.25, 0.3) is 10.0 Å². The van der Waals surface area contributed by atoms with Crippen LogP contribution in [0.25, 0.3) is 0 Å². The van der Waals surface area contributed by atoms with E-state index in [9.17, 15) is 18.0 Å². The quantitative estimate of drug-likeness (QED) is 0.477. The molecule has 168 valence electrons. The fourth-order valence-electron chi connectivity index (χ4n) is 2.99. The lowest BCUT2D eigenvalue weighted by atomic mass is 10.0. The highest BCUT2D eigenvalue weighted by molar-refractivity contribution is 7.92. The number of sulfonamides is 1. The summed E-state index contributed by atoms with van der Waals surface area (Å²) in [6, 6.07) is 14.4. The highest BCUT2D eigenvalue weighted by Gasteiger charge is 2.20. The number of benzene rings is 2. The van der Waals surface area contributed by atoms with Gasteiger partial charge in [0.05, 0.1) is 23.1 Å². The second kappa shape index (κ2) is 9.65. The number of nitrogens with zero attached hydrogens (tertiary/aromatic N) is 1. The molecule has 1 aromatic heterocycles. The summed E-state index contributed by atoms with van der Waals surface area (Å²) in [7, 11) is -3.88. The monoisotopic (exact) mass is 456 g/mol. The van der Waals surface area contributed by atoms with Crippen LogP contribution in [0.15, 0.2) is 64.0 Å². The van der Waals surface area contributed by atoms with Crippen LogP contribution in [0.2, 0.25) is 0 Å². The smallest absolute Gasteiger partial charge is 0.264 e. The second-order valence-corrected chi connectivity index (χ2v) is 8.95. The van der Waals surface area contributed by atoms with Crippen LogP contribution in [0, 0.1) is 13.8 Å². The Kier molecular flexibility index (Phi) is 6.94. The second-order valence-electron chi connectivity index (χ2n) is 7.27. The predicted octanol–water partition coefficient (Wildman–Crippen LogP) is 3.30. The fraction of sp³-hybridized carbons (Fsp3) is 0.227. The number of hydrogen-bond acceptors (Lipinski definition) is 6. The van der Waals surface area contributed by atoms with E-state index >= 15 is 0 Å². The van der Waals surface area contributed by atoms with Crippen LogP contribution in [-0.4, -0.2) is 25.4 Å². The van der Waals surface area contributed by atoms with Crippen molar-refractivity contribution in [1.82, 2.24) is 10.5 Å². The number of aromatic nitrogens is 1. The van der Waals surface area contributed by atoms with Crippen LogP contribution < -0.4 is 15.4 Å². The van der Waals surface area contributed by atoms with Crippen molar-refractivity contribution in [2.75, 3.05) is 10.0 Å². The number of nitrogens with one attached hydrogen (secondary N) is 3. The minimum Gasteiger partial charge on any atom is -0.349 e. The van der Waals surface area contributed by atoms with Crippen LogP contribution in [0.1, 0.15) is 36.2 Å². The Bertz CT molecular complexity index is 1200. The first-order chi connectivity index (χ1) is 15.2. The Balaban J connectivity index is 1.67. The molecule has 1 heterocycles. The highest BCUT2D eigenvalue weighted by Crippen LogP contribution is 2.23. The first kappa shape index (κ1) is 23.0. The molecule has 2 amide bonds. The Morgan fingerprint density at radius 3 is 2.25 bits per heavy atom. The number of anilines is 2. The first-order valence-electron chi connectivity index (χ1n) is 9.83. The SMILES string of the molecule is CC(=O)NC(CC(=O)Nc1ccc(S(=O)(=O)Nc2onc(C)c2C)cc1)c1ccccc1. The van der Waals surface area contributed by atoms with Crippen molar-refractivity contribution in [2.45, 2.75) is 38.1 Å². The number of aryl methyl sites for hydroxylation is 1. The topological polar surface area (TPSA) is 130 Å². The van der Waals surface area contributed by atoms with Gasteiger partial charge in [-0.3, -0.25) is 9.59 Å². The Hall–Kier alpha value is -3.66. The van der Waals surface area contributed by atoms with Gasteiger partial charge in [0.1, 0.15) is 0 Å². The van der Waals surface area contributed by atoms with Gasteiger partial charge >= 0.3 is 0 Å². The van der Waals surface area contributed by atoms with Gasteiger partial charge in [0.15, 0.2) is 0 Å². The van der Waals surface area contributed by atoms with Crippen molar-refractivity contribution in [3.05, 3.63) is 71.4 Å². The van der Waals surface area contributed by atoms with Crippen molar-refractivity contribution < 1.29 is 22.5 Å². The fourth-order valence-corrected chi connectivity index (χ4v) is 4.04. The number of rotatable bonds is 8. The van der Waals surface area contributed by atoms with E-state index in [-0.39, 0.29) is 29.0 Å². The average molecular weight is 457 g/mol. The molecule has 0 radical (unpaired) electrons. The van der Waals surface area contributed by atoms with Crippen molar-refractivity contribution in [1.29, 1.82) is 0 Å². The van der Waals surface area contributed by atoms with E-state index in [0.717, 1.165) is 5.56 Å². The molecule has 9 nitrogen and oxygen atoms in total. The Morgan fingerprint density at radius 1 is 1.03 bits per heavy atom. The third kappa shape index (κ3) is 5.73. The summed E-state index contributed by atoms with van der Waals surface area (Å²) >= 11 is 0.